The largest absolute Gasteiger partial charge is 0.284 e. The lowest BCUT2D eigenvalue weighted by molar-refractivity contribution is 0.184. The number of rotatable bonds is 5. The number of hydrogen-bond donors (Lipinski definition) is 0. The van der Waals surface area contributed by atoms with E-state index in [2.05, 4.69) is 83.0 Å². The highest BCUT2D eigenvalue weighted by Crippen LogP contribution is 2.35. The van der Waals surface area contributed by atoms with Crippen molar-refractivity contribution in [1.29, 1.82) is 0 Å². The van der Waals surface area contributed by atoms with Crippen LogP contribution in [0.4, 0.5) is 0 Å². The Morgan fingerprint density at radius 3 is 2.69 bits per heavy atom. The van der Waals surface area contributed by atoms with Crippen molar-refractivity contribution in [2.24, 2.45) is 0 Å². The lowest BCUT2D eigenvalue weighted by Crippen LogP contribution is -2.38. The van der Waals surface area contributed by atoms with Gasteiger partial charge in [-0.2, -0.15) is 0 Å². The topological polar surface area (TPSA) is 46.8 Å². The molecule has 0 unspecified atom stereocenters. The van der Waals surface area contributed by atoms with Gasteiger partial charge in [-0.15, -0.1) is 16.4 Å². The van der Waals surface area contributed by atoms with E-state index in [0.29, 0.717) is 0 Å². The zero-order valence-corrected chi connectivity index (χ0v) is 16.4. The number of hydrogen-bond acceptors (Lipinski definition) is 5. The van der Waals surface area contributed by atoms with Gasteiger partial charge in [-0.3, -0.25) is 4.90 Å². The summed E-state index contributed by atoms with van der Waals surface area (Å²) in [5, 5.41) is 15.0. The Morgan fingerprint density at radius 1 is 1.15 bits per heavy atom. The number of fused-ring (bicyclic) bond motifs is 1. The molecule has 0 aliphatic carbocycles. The van der Waals surface area contributed by atoms with Crippen LogP contribution in [0.25, 0.3) is 0 Å². The standard InChI is InChI=1S/C20H25N5S/c1-4-20(2,3)25-19(21-22-23-25)18(17-10-7-13-26-17)24-12-11-15-8-5-6-9-16(15)14-24/h5-10,13,18H,4,11-12,14H2,1-3H3/t18-/m1/s1. The first kappa shape index (κ1) is 17.4. The summed E-state index contributed by atoms with van der Waals surface area (Å²) in [4.78, 5) is 3.81. The molecule has 3 aromatic rings. The van der Waals surface area contributed by atoms with E-state index in [1.54, 1.807) is 11.3 Å². The molecule has 0 radical (unpaired) electrons. The molecule has 1 aliphatic heterocycles. The zero-order chi connectivity index (χ0) is 18.1. The summed E-state index contributed by atoms with van der Waals surface area (Å²) in [6, 6.07) is 13.2. The second kappa shape index (κ2) is 6.93. The van der Waals surface area contributed by atoms with Crippen molar-refractivity contribution < 1.29 is 0 Å². The van der Waals surface area contributed by atoms with Gasteiger partial charge in [-0.05, 0) is 59.7 Å². The normalized spacial score (nSPS) is 16.4. The van der Waals surface area contributed by atoms with Crippen LogP contribution < -0.4 is 0 Å². The minimum Gasteiger partial charge on any atom is -0.284 e. The van der Waals surface area contributed by atoms with Gasteiger partial charge in [0.15, 0.2) is 5.82 Å². The van der Waals surface area contributed by atoms with Gasteiger partial charge in [-0.1, -0.05) is 37.3 Å². The Labute approximate surface area is 158 Å². The molecule has 0 N–H and O–H groups in total. The van der Waals surface area contributed by atoms with Crippen LogP contribution >= 0.6 is 11.3 Å². The highest BCUT2D eigenvalue weighted by atomic mass is 32.1. The van der Waals surface area contributed by atoms with E-state index in [9.17, 15) is 0 Å². The maximum atomic E-state index is 4.48. The maximum absolute atomic E-state index is 4.48. The zero-order valence-electron chi connectivity index (χ0n) is 15.6. The van der Waals surface area contributed by atoms with E-state index in [4.69, 9.17) is 0 Å². The van der Waals surface area contributed by atoms with Gasteiger partial charge in [0.25, 0.3) is 0 Å². The van der Waals surface area contributed by atoms with Gasteiger partial charge in [0.2, 0.25) is 0 Å². The average molecular weight is 368 g/mol. The van der Waals surface area contributed by atoms with E-state index in [0.717, 1.165) is 31.8 Å². The van der Waals surface area contributed by atoms with Crippen LogP contribution in [0, 0.1) is 0 Å². The van der Waals surface area contributed by atoms with E-state index in [1.165, 1.54) is 16.0 Å². The molecule has 3 heterocycles. The predicted molar refractivity (Wildman–Crippen MR) is 104 cm³/mol. The molecule has 1 aliphatic rings. The second-order valence-electron chi connectivity index (χ2n) is 7.52. The van der Waals surface area contributed by atoms with Gasteiger partial charge in [0, 0.05) is 18.0 Å². The smallest absolute Gasteiger partial charge is 0.174 e. The Hall–Kier alpha value is -2.05. The number of aromatic nitrogens is 4. The second-order valence-corrected chi connectivity index (χ2v) is 8.50. The van der Waals surface area contributed by atoms with Crippen LogP contribution in [-0.4, -0.2) is 31.7 Å². The van der Waals surface area contributed by atoms with Crippen LogP contribution in [0.3, 0.4) is 0 Å². The highest BCUT2D eigenvalue weighted by Gasteiger charge is 2.34. The van der Waals surface area contributed by atoms with Crippen molar-refractivity contribution in [2.45, 2.75) is 51.7 Å². The first-order valence-corrected chi connectivity index (χ1v) is 10.1. The molecule has 6 heteroatoms. The fourth-order valence-corrected chi connectivity index (χ4v) is 4.46. The SMILES string of the molecule is CCC(C)(C)n1nnnc1[C@@H](c1cccs1)N1CCc2ccccc2C1. The molecular weight excluding hydrogens is 342 g/mol. The van der Waals surface area contributed by atoms with Crippen molar-refractivity contribution in [3.8, 4) is 0 Å². The van der Waals surface area contributed by atoms with Crippen molar-refractivity contribution in [1.82, 2.24) is 25.1 Å². The van der Waals surface area contributed by atoms with E-state index in [1.807, 2.05) is 4.68 Å². The molecule has 136 valence electrons. The quantitative estimate of drug-likeness (QED) is 0.683. The minimum atomic E-state index is -0.109. The monoisotopic (exact) mass is 367 g/mol. The van der Waals surface area contributed by atoms with Crippen molar-refractivity contribution in [2.75, 3.05) is 6.54 Å². The van der Waals surface area contributed by atoms with Gasteiger partial charge < -0.3 is 0 Å². The molecule has 26 heavy (non-hydrogen) atoms. The Kier molecular flexibility index (Phi) is 4.63. The molecule has 0 fully saturated rings. The summed E-state index contributed by atoms with van der Waals surface area (Å²) in [5.74, 6) is 0.943. The predicted octanol–water partition coefficient (Wildman–Crippen LogP) is 4.03. The molecule has 0 saturated heterocycles. The van der Waals surface area contributed by atoms with Crippen LogP contribution in [0.5, 0.6) is 0 Å². The maximum Gasteiger partial charge on any atom is 0.174 e. The van der Waals surface area contributed by atoms with Gasteiger partial charge in [-0.25, -0.2) is 4.68 Å². The lowest BCUT2D eigenvalue weighted by atomic mass is 9.97. The third-order valence-corrected chi connectivity index (χ3v) is 6.44. The molecule has 0 saturated carbocycles. The molecule has 2 aromatic heterocycles. The van der Waals surface area contributed by atoms with Crippen LogP contribution in [-0.2, 0) is 18.5 Å². The third kappa shape index (κ3) is 3.08. The highest BCUT2D eigenvalue weighted by molar-refractivity contribution is 7.10. The number of nitrogens with zero attached hydrogens (tertiary/aromatic N) is 5. The average Bonchev–Trinajstić information content (AvgIpc) is 3.35. The lowest BCUT2D eigenvalue weighted by Gasteiger charge is -2.36. The van der Waals surface area contributed by atoms with Gasteiger partial charge in [0.1, 0.15) is 6.04 Å². The third-order valence-electron chi connectivity index (χ3n) is 5.51. The van der Waals surface area contributed by atoms with E-state index in [-0.39, 0.29) is 11.6 Å². The van der Waals surface area contributed by atoms with E-state index < -0.39 is 0 Å². The molecule has 4 rings (SSSR count). The molecule has 5 nitrogen and oxygen atoms in total. The molecule has 0 spiro atoms. The first-order chi connectivity index (χ1) is 12.6. The summed E-state index contributed by atoms with van der Waals surface area (Å²) in [5.41, 5.74) is 2.76. The van der Waals surface area contributed by atoms with Crippen molar-refractivity contribution >= 4 is 11.3 Å². The van der Waals surface area contributed by atoms with E-state index >= 15 is 0 Å². The Morgan fingerprint density at radius 2 is 1.96 bits per heavy atom. The summed E-state index contributed by atoms with van der Waals surface area (Å²) in [6.45, 7) is 8.52. The fourth-order valence-electron chi connectivity index (χ4n) is 3.60. The number of thiophene rings is 1. The molecular formula is C20H25N5S. The van der Waals surface area contributed by atoms with Crippen LogP contribution in [0.15, 0.2) is 41.8 Å². The molecule has 0 amide bonds. The summed E-state index contributed by atoms with van der Waals surface area (Å²) >= 11 is 1.78. The van der Waals surface area contributed by atoms with Crippen molar-refractivity contribution in [3.63, 3.8) is 0 Å². The Balaban J connectivity index is 1.76. The first-order valence-electron chi connectivity index (χ1n) is 9.23. The fraction of sp³-hybridized carbons (Fsp3) is 0.450. The molecule has 1 aromatic carbocycles. The van der Waals surface area contributed by atoms with Gasteiger partial charge >= 0.3 is 0 Å². The van der Waals surface area contributed by atoms with Crippen molar-refractivity contribution in [3.05, 3.63) is 63.6 Å². The number of tetrazole rings is 1. The summed E-state index contributed by atoms with van der Waals surface area (Å²) < 4.78 is 2.03. The van der Waals surface area contributed by atoms with Crippen LogP contribution in [0.2, 0.25) is 0 Å². The minimum absolute atomic E-state index is 0.0872. The van der Waals surface area contributed by atoms with Gasteiger partial charge in [0.05, 0.1) is 5.54 Å². The van der Waals surface area contributed by atoms with Crippen LogP contribution in [0.1, 0.15) is 55.1 Å². The summed E-state index contributed by atoms with van der Waals surface area (Å²) in [7, 11) is 0. The Bertz CT molecular complexity index is 868. The molecule has 0 bridgehead atoms. The molecule has 1 atom stereocenters. The number of benzene rings is 1. The summed E-state index contributed by atoms with van der Waals surface area (Å²) in [6.07, 6.45) is 2.04.